The molecule has 1 rings (SSSR count). The third-order valence-corrected chi connectivity index (χ3v) is 2.45. The van der Waals surface area contributed by atoms with E-state index in [1.54, 1.807) is 14.2 Å². The van der Waals surface area contributed by atoms with Crippen LogP contribution in [0.4, 0.5) is 0 Å². The van der Waals surface area contributed by atoms with Gasteiger partial charge in [0.1, 0.15) is 11.5 Å². The lowest BCUT2D eigenvalue weighted by molar-refractivity contribution is 0.395. The Morgan fingerprint density at radius 1 is 1.20 bits per heavy atom. The maximum Gasteiger partial charge on any atom is 0.123 e. The zero-order valence-electron chi connectivity index (χ0n) is 9.33. The average molecular weight is 227 g/mol. The van der Waals surface area contributed by atoms with E-state index < -0.39 is 0 Å². The second-order valence-electron chi connectivity index (χ2n) is 3.22. The molecule has 1 N–H and O–H groups in total. The fraction of sp³-hybridized carbons (Fsp3) is 0.455. The molecule has 0 amide bonds. The number of benzene rings is 1. The minimum atomic E-state index is 0.638. The first kappa shape index (κ1) is 12.2. The minimum Gasteiger partial charge on any atom is -0.496 e. The Bertz CT molecular complexity index is 329. The van der Waals surface area contributed by atoms with Gasteiger partial charge in [-0.15, -0.1) is 0 Å². The molecule has 1 aromatic carbocycles. The molecule has 0 aromatic heterocycles. The molecule has 0 saturated carbocycles. The monoisotopic (exact) mass is 227 g/mol. The van der Waals surface area contributed by atoms with Crippen LogP contribution in [0.25, 0.3) is 0 Å². The summed E-state index contributed by atoms with van der Waals surface area (Å²) in [5.74, 6) is 2.40. The zero-order chi connectivity index (χ0) is 11.3. The Morgan fingerprint density at radius 2 is 1.87 bits per heavy atom. The molecule has 1 aromatic rings. The fourth-order valence-corrected chi connectivity index (χ4v) is 1.55. The Labute approximate surface area is 96.2 Å². The van der Waals surface area contributed by atoms with E-state index in [-0.39, 0.29) is 0 Å². The van der Waals surface area contributed by atoms with Crippen LogP contribution in [0.5, 0.6) is 11.5 Å². The molecular formula is C11H17NO2S. The normalized spacial score (nSPS) is 10.1. The summed E-state index contributed by atoms with van der Waals surface area (Å²) in [5.41, 5.74) is 2.15. The van der Waals surface area contributed by atoms with Gasteiger partial charge in [-0.2, -0.15) is 12.6 Å². The number of rotatable bonds is 5. The number of nitrogens with one attached hydrogen (secondary N) is 1. The maximum absolute atomic E-state index is 5.30. The van der Waals surface area contributed by atoms with E-state index in [2.05, 4.69) is 17.9 Å². The molecule has 0 aliphatic carbocycles. The topological polar surface area (TPSA) is 30.5 Å². The van der Waals surface area contributed by atoms with Gasteiger partial charge in [-0.05, 0) is 24.6 Å². The third kappa shape index (κ3) is 3.04. The van der Waals surface area contributed by atoms with Gasteiger partial charge in [0.2, 0.25) is 0 Å². The van der Waals surface area contributed by atoms with E-state index in [9.17, 15) is 0 Å². The summed E-state index contributed by atoms with van der Waals surface area (Å²) < 4.78 is 10.6. The molecule has 84 valence electrons. The fourth-order valence-electron chi connectivity index (χ4n) is 1.44. The molecule has 15 heavy (non-hydrogen) atoms. The van der Waals surface area contributed by atoms with Crippen LogP contribution in [0.1, 0.15) is 11.1 Å². The average Bonchev–Trinajstić information content (AvgIpc) is 2.26. The van der Waals surface area contributed by atoms with Crippen LogP contribution in [0, 0.1) is 6.92 Å². The van der Waals surface area contributed by atoms with Crippen LogP contribution >= 0.6 is 12.6 Å². The molecule has 0 saturated heterocycles. The van der Waals surface area contributed by atoms with Crippen molar-refractivity contribution in [3.05, 3.63) is 23.3 Å². The molecular weight excluding hydrogens is 210 g/mol. The number of ether oxygens (including phenoxy) is 2. The smallest absolute Gasteiger partial charge is 0.123 e. The molecule has 0 heterocycles. The molecule has 0 unspecified atom stereocenters. The van der Waals surface area contributed by atoms with Crippen LogP contribution in [0.2, 0.25) is 0 Å². The molecule has 0 fully saturated rings. The number of thiol groups is 1. The first-order valence-electron chi connectivity index (χ1n) is 4.76. The Kier molecular flexibility index (Phi) is 4.78. The summed E-state index contributed by atoms with van der Waals surface area (Å²) in [6, 6.07) is 3.97. The van der Waals surface area contributed by atoms with Crippen molar-refractivity contribution < 1.29 is 9.47 Å². The van der Waals surface area contributed by atoms with Gasteiger partial charge in [0.25, 0.3) is 0 Å². The molecule has 0 atom stereocenters. The molecule has 0 spiro atoms. The van der Waals surface area contributed by atoms with Crippen molar-refractivity contribution in [2.75, 3.05) is 20.1 Å². The summed E-state index contributed by atoms with van der Waals surface area (Å²) in [4.78, 5) is 0. The first-order valence-corrected chi connectivity index (χ1v) is 5.39. The third-order valence-electron chi connectivity index (χ3n) is 2.23. The highest BCUT2D eigenvalue weighted by Gasteiger charge is 2.07. The molecule has 3 nitrogen and oxygen atoms in total. The van der Waals surface area contributed by atoms with E-state index in [0.717, 1.165) is 29.2 Å². The van der Waals surface area contributed by atoms with Gasteiger partial charge in [-0.1, -0.05) is 0 Å². The zero-order valence-corrected chi connectivity index (χ0v) is 10.2. The van der Waals surface area contributed by atoms with E-state index in [1.165, 1.54) is 0 Å². The quantitative estimate of drug-likeness (QED) is 0.595. The van der Waals surface area contributed by atoms with Crippen LogP contribution in [-0.2, 0) is 6.54 Å². The number of hydrogen-bond acceptors (Lipinski definition) is 4. The summed E-state index contributed by atoms with van der Waals surface area (Å²) >= 11 is 4.10. The van der Waals surface area contributed by atoms with Crippen LogP contribution in [0.3, 0.4) is 0 Å². The van der Waals surface area contributed by atoms with Gasteiger partial charge < -0.3 is 14.8 Å². The predicted molar refractivity (Wildman–Crippen MR) is 65.0 cm³/mol. The molecule has 0 aliphatic rings. The molecule has 0 aliphatic heterocycles. The maximum atomic E-state index is 5.30. The minimum absolute atomic E-state index is 0.638. The number of aryl methyl sites for hydroxylation is 1. The summed E-state index contributed by atoms with van der Waals surface area (Å²) in [5, 5.41) is 3.14. The van der Waals surface area contributed by atoms with Crippen LogP contribution in [0.15, 0.2) is 12.1 Å². The number of methoxy groups -OCH3 is 2. The van der Waals surface area contributed by atoms with Crippen molar-refractivity contribution in [2.24, 2.45) is 0 Å². The molecule has 4 heteroatoms. The lowest BCUT2D eigenvalue weighted by Crippen LogP contribution is -2.11. The van der Waals surface area contributed by atoms with E-state index >= 15 is 0 Å². The summed E-state index contributed by atoms with van der Waals surface area (Å²) in [6.45, 7) is 2.72. The standard InChI is InChI=1S/C11H17NO2S/c1-8-4-11(14-3)9(6-12-7-15)5-10(8)13-2/h4-5,12,15H,6-7H2,1-3H3. The predicted octanol–water partition coefficient (Wildman–Crippen LogP) is 1.99. The van der Waals surface area contributed by atoms with Gasteiger partial charge in [0, 0.05) is 18.0 Å². The van der Waals surface area contributed by atoms with Crippen LogP contribution < -0.4 is 14.8 Å². The second-order valence-corrected chi connectivity index (χ2v) is 3.53. The Morgan fingerprint density at radius 3 is 2.40 bits per heavy atom. The number of hydrogen-bond donors (Lipinski definition) is 2. The van der Waals surface area contributed by atoms with E-state index in [4.69, 9.17) is 9.47 Å². The van der Waals surface area contributed by atoms with Gasteiger partial charge >= 0.3 is 0 Å². The molecule has 0 radical (unpaired) electrons. The first-order chi connectivity index (χ1) is 7.22. The van der Waals surface area contributed by atoms with Crippen molar-refractivity contribution >= 4 is 12.6 Å². The lowest BCUT2D eigenvalue weighted by Gasteiger charge is -2.13. The van der Waals surface area contributed by atoms with E-state index in [1.807, 2.05) is 19.1 Å². The van der Waals surface area contributed by atoms with Gasteiger partial charge in [-0.25, -0.2) is 0 Å². The van der Waals surface area contributed by atoms with Crippen LogP contribution in [-0.4, -0.2) is 20.1 Å². The van der Waals surface area contributed by atoms with Gasteiger partial charge in [0.05, 0.1) is 14.2 Å². The highest BCUT2D eigenvalue weighted by atomic mass is 32.1. The van der Waals surface area contributed by atoms with Crippen molar-refractivity contribution in [1.82, 2.24) is 5.32 Å². The molecule has 0 bridgehead atoms. The Balaban J connectivity index is 2.99. The van der Waals surface area contributed by atoms with Crippen molar-refractivity contribution in [1.29, 1.82) is 0 Å². The van der Waals surface area contributed by atoms with Gasteiger partial charge in [0.15, 0.2) is 0 Å². The van der Waals surface area contributed by atoms with Crippen molar-refractivity contribution in [2.45, 2.75) is 13.5 Å². The SMILES string of the molecule is COc1cc(CNCS)c(OC)cc1C. The summed E-state index contributed by atoms with van der Waals surface area (Å²) in [7, 11) is 3.34. The highest BCUT2D eigenvalue weighted by Crippen LogP contribution is 2.27. The van der Waals surface area contributed by atoms with Gasteiger partial charge in [-0.3, -0.25) is 0 Å². The highest BCUT2D eigenvalue weighted by molar-refractivity contribution is 7.80. The second kappa shape index (κ2) is 5.88. The van der Waals surface area contributed by atoms with Crippen molar-refractivity contribution in [3.63, 3.8) is 0 Å². The van der Waals surface area contributed by atoms with Crippen molar-refractivity contribution in [3.8, 4) is 11.5 Å². The lowest BCUT2D eigenvalue weighted by atomic mass is 10.1. The largest absolute Gasteiger partial charge is 0.496 e. The summed E-state index contributed by atoms with van der Waals surface area (Å²) in [6.07, 6.45) is 0. The van der Waals surface area contributed by atoms with E-state index in [0.29, 0.717) is 5.88 Å². The Hall–Kier alpha value is -0.870.